The zero-order valence-corrected chi connectivity index (χ0v) is 10.1. The largest absolute Gasteiger partial charge is 0.493 e. The van der Waals surface area contributed by atoms with Crippen molar-refractivity contribution in [2.75, 3.05) is 14.2 Å². The molecule has 1 aromatic rings. The molecule has 1 aliphatic rings. The minimum absolute atomic E-state index is 0.704. The second kappa shape index (κ2) is 4.65. The standard InChI is InChI=1S/C11H13NO3S/c1-13-10-5-7-3-4-9(12-15-16)8(7)6-11(10)14-2/h5-6,16H,3-4H2,1-2H3/b12-9+. The number of hydrogen-bond donors (Lipinski definition) is 1. The van der Waals surface area contributed by atoms with E-state index < -0.39 is 0 Å². The van der Waals surface area contributed by atoms with Gasteiger partial charge in [0.05, 0.1) is 32.8 Å². The molecular weight excluding hydrogens is 226 g/mol. The van der Waals surface area contributed by atoms with E-state index >= 15 is 0 Å². The molecule has 0 aliphatic heterocycles. The maximum atomic E-state index is 5.25. The monoisotopic (exact) mass is 239 g/mol. The first-order chi connectivity index (χ1) is 7.80. The van der Waals surface area contributed by atoms with Gasteiger partial charge < -0.3 is 13.8 Å². The lowest BCUT2D eigenvalue weighted by molar-refractivity contribution is 0.354. The first kappa shape index (κ1) is 11.1. The summed E-state index contributed by atoms with van der Waals surface area (Å²) >= 11 is 3.63. The maximum Gasteiger partial charge on any atom is 0.161 e. The van der Waals surface area contributed by atoms with E-state index in [1.807, 2.05) is 12.1 Å². The molecule has 0 fully saturated rings. The van der Waals surface area contributed by atoms with Crippen LogP contribution in [0.3, 0.4) is 0 Å². The molecule has 4 nitrogen and oxygen atoms in total. The Morgan fingerprint density at radius 2 is 1.81 bits per heavy atom. The number of nitrogens with zero attached hydrogens (tertiary/aromatic N) is 1. The average Bonchev–Trinajstić information content (AvgIpc) is 2.70. The Labute approximate surface area is 99.8 Å². The fourth-order valence-electron chi connectivity index (χ4n) is 1.93. The van der Waals surface area contributed by atoms with E-state index in [0.717, 1.165) is 29.9 Å². The van der Waals surface area contributed by atoms with Crippen LogP contribution in [0.2, 0.25) is 0 Å². The molecule has 86 valence electrons. The molecule has 0 unspecified atom stereocenters. The first-order valence-electron chi connectivity index (χ1n) is 4.93. The number of fused-ring (bicyclic) bond motifs is 1. The van der Waals surface area contributed by atoms with Crippen LogP contribution in [-0.4, -0.2) is 19.9 Å². The predicted octanol–water partition coefficient (Wildman–Crippen LogP) is 2.22. The third-order valence-corrected chi connectivity index (χ3v) is 2.78. The smallest absolute Gasteiger partial charge is 0.161 e. The Bertz CT molecular complexity index is 431. The van der Waals surface area contributed by atoms with Gasteiger partial charge >= 0.3 is 0 Å². The summed E-state index contributed by atoms with van der Waals surface area (Å²) in [5.41, 5.74) is 3.14. The third kappa shape index (κ3) is 1.82. The maximum absolute atomic E-state index is 5.25. The summed E-state index contributed by atoms with van der Waals surface area (Å²) in [4.78, 5) is 0. The quantitative estimate of drug-likeness (QED) is 0.499. The Hall–Kier alpha value is -1.36. The first-order valence-corrected chi connectivity index (χ1v) is 5.29. The molecule has 0 aromatic heterocycles. The highest BCUT2D eigenvalue weighted by atomic mass is 32.1. The van der Waals surface area contributed by atoms with Gasteiger partial charge in [-0.15, -0.1) is 0 Å². The normalized spacial score (nSPS) is 16.1. The van der Waals surface area contributed by atoms with Crippen LogP contribution in [0.1, 0.15) is 17.5 Å². The van der Waals surface area contributed by atoms with Gasteiger partial charge in [0.15, 0.2) is 11.5 Å². The molecule has 0 N–H and O–H groups in total. The summed E-state index contributed by atoms with van der Waals surface area (Å²) in [7, 11) is 3.25. The molecule has 0 spiro atoms. The summed E-state index contributed by atoms with van der Waals surface area (Å²) < 4.78 is 15.0. The van der Waals surface area contributed by atoms with E-state index in [4.69, 9.17) is 9.47 Å². The lowest BCUT2D eigenvalue weighted by atomic mass is 10.1. The molecule has 2 rings (SSSR count). The number of methoxy groups -OCH3 is 2. The van der Waals surface area contributed by atoms with Crippen molar-refractivity contribution >= 4 is 18.6 Å². The Kier molecular flexibility index (Phi) is 3.24. The van der Waals surface area contributed by atoms with Crippen molar-refractivity contribution in [1.82, 2.24) is 0 Å². The highest BCUT2D eigenvalue weighted by Crippen LogP contribution is 2.35. The van der Waals surface area contributed by atoms with Crippen LogP contribution < -0.4 is 9.47 Å². The zero-order chi connectivity index (χ0) is 11.5. The summed E-state index contributed by atoms with van der Waals surface area (Å²) in [5.74, 6) is 1.45. The number of ether oxygens (including phenoxy) is 2. The summed E-state index contributed by atoms with van der Waals surface area (Å²) in [6.07, 6.45) is 1.79. The van der Waals surface area contributed by atoms with E-state index in [0.29, 0.717) is 5.75 Å². The van der Waals surface area contributed by atoms with Crippen LogP contribution >= 0.6 is 12.9 Å². The van der Waals surface area contributed by atoms with Crippen LogP contribution in [0, 0.1) is 0 Å². The number of aryl methyl sites for hydroxylation is 1. The zero-order valence-electron chi connectivity index (χ0n) is 9.19. The SMILES string of the molecule is COc1cc2c(cc1OC)/C(=N/OS)CC2. The lowest BCUT2D eigenvalue weighted by Crippen LogP contribution is -1.97. The molecule has 1 aromatic carbocycles. The van der Waals surface area contributed by atoms with E-state index in [1.165, 1.54) is 5.56 Å². The van der Waals surface area contributed by atoms with Gasteiger partial charge in [-0.1, -0.05) is 5.16 Å². The minimum Gasteiger partial charge on any atom is -0.493 e. The Balaban J connectivity index is 2.48. The molecule has 5 heteroatoms. The predicted molar refractivity (Wildman–Crippen MR) is 64.5 cm³/mol. The van der Waals surface area contributed by atoms with Gasteiger partial charge in [-0.2, -0.15) is 0 Å². The number of benzene rings is 1. The van der Waals surface area contributed by atoms with Crippen LogP contribution in [0.4, 0.5) is 0 Å². The van der Waals surface area contributed by atoms with Gasteiger partial charge in [0.1, 0.15) is 0 Å². The van der Waals surface area contributed by atoms with E-state index in [9.17, 15) is 0 Å². The number of oxime groups is 1. The molecule has 0 radical (unpaired) electrons. The van der Waals surface area contributed by atoms with Gasteiger partial charge in [0.2, 0.25) is 0 Å². The number of rotatable bonds is 3. The second-order valence-electron chi connectivity index (χ2n) is 3.48. The second-order valence-corrected chi connectivity index (χ2v) is 3.65. The van der Waals surface area contributed by atoms with Crippen molar-refractivity contribution in [1.29, 1.82) is 0 Å². The van der Waals surface area contributed by atoms with Crippen molar-refractivity contribution in [3.63, 3.8) is 0 Å². The topological polar surface area (TPSA) is 40.0 Å². The molecule has 0 heterocycles. The highest BCUT2D eigenvalue weighted by molar-refractivity contribution is 7.75. The van der Waals surface area contributed by atoms with Gasteiger partial charge in [-0.05, 0) is 30.5 Å². The summed E-state index contributed by atoms with van der Waals surface area (Å²) in [6, 6.07) is 3.90. The van der Waals surface area contributed by atoms with Crippen LogP contribution in [0.15, 0.2) is 17.3 Å². The molecule has 0 saturated heterocycles. The molecule has 1 aliphatic carbocycles. The fourth-order valence-corrected chi connectivity index (χ4v) is 2.03. The van der Waals surface area contributed by atoms with Gasteiger partial charge in [-0.25, -0.2) is 0 Å². The minimum atomic E-state index is 0.704. The van der Waals surface area contributed by atoms with E-state index in [2.05, 4.69) is 22.3 Å². The van der Waals surface area contributed by atoms with Crippen molar-refractivity contribution in [3.8, 4) is 11.5 Å². The molecular formula is C11H13NO3S. The average molecular weight is 239 g/mol. The molecule has 0 amide bonds. The van der Waals surface area contributed by atoms with Crippen LogP contribution in [0.25, 0.3) is 0 Å². The Morgan fingerprint density at radius 1 is 1.12 bits per heavy atom. The van der Waals surface area contributed by atoms with Gasteiger partial charge in [0.25, 0.3) is 0 Å². The Morgan fingerprint density at radius 3 is 2.44 bits per heavy atom. The van der Waals surface area contributed by atoms with Crippen molar-refractivity contribution in [3.05, 3.63) is 23.3 Å². The van der Waals surface area contributed by atoms with Crippen molar-refractivity contribution in [2.24, 2.45) is 5.16 Å². The van der Waals surface area contributed by atoms with Crippen LogP contribution in [-0.2, 0) is 10.7 Å². The van der Waals surface area contributed by atoms with Crippen LogP contribution in [0.5, 0.6) is 11.5 Å². The molecule has 0 atom stereocenters. The van der Waals surface area contributed by atoms with Gasteiger partial charge in [-0.3, -0.25) is 0 Å². The highest BCUT2D eigenvalue weighted by Gasteiger charge is 2.21. The lowest BCUT2D eigenvalue weighted by Gasteiger charge is -2.09. The number of thiol groups is 1. The van der Waals surface area contributed by atoms with Gasteiger partial charge in [0, 0.05) is 5.56 Å². The summed E-state index contributed by atoms with van der Waals surface area (Å²) in [5, 5.41) is 3.88. The molecule has 0 bridgehead atoms. The number of hydrogen-bond acceptors (Lipinski definition) is 5. The molecule has 0 saturated carbocycles. The van der Waals surface area contributed by atoms with Crippen molar-refractivity contribution in [2.45, 2.75) is 12.8 Å². The van der Waals surface area contributed by atoms with E-state index in [1.54, 1.807) is 14.2 Å². The summed E-state index contributed by atoms with van der Waals surface area (Å²) in [6.45, 7) is 0. The van der Waals surface area contributed by atoms with E-state index in [-0.39, 0.29) is 0 Å². The molecule has 16 heavy (non-hydrogen) atoms. The third-order valence-electron chi connectivity index (χ3n) is 2.70. The fraction of sp³-hybridized carbons (Fsp3) is 0.364. The van der Waals surface area contributed by atoms with Crippen molar-refractivity contribution < 1.29 is 13.8 Å².